The van der Waals surface area contributed by atoms with Gasteiger partial charge >= 0.3 is 0 Å². The SMILES string of the molecule is CN(C)CCN(C(=O)c1ccc(F)c(F)c1)c1nc2c(F)cccc2s1.Cl. The first-order chi connectivity index (χ1) is 12.4. The number of anilines is 1. The number of thiazole rings is 1. The molecule has 0 aliphatic heterocycles. The molecule has 0 saturated carbocycles. The molecule has 0 spiro atoms. The second kappa shape index (κ2) is 8.69. The van der Waals surface area contributed by atoms with Gasteiger partial charge in [-0.05, 0) is 44.4 Å². The largest absolute Gasteiger partial charge is 0.308 e. The van der Waals surface area contributed by atoms with Gasteiger partial charge in [0.2, 0.25) is 0 Å². The number of carbonyl (C=O) groups is 1. The average Bonchev–Trinajstić information content (AvgIpc) is 3.02. The van der Waals surface area contributed by atoms with Gasteiger partial charge in [0.25, 0.3) is 5.91 Å². The van der Waals surface area contributed by atoms with Gasteiger partial charge in [-0.1, -0.05) is 17.4 Å². The highest BCUT2D eigenvalue weighted by Gasteiger charge is 2.23. The van der Waals surface area contributed by atoms with Crippen LogP contribution in [-0.4, -0.2) is 43.0 Å². The molecule has 3 aromatic rings. The number of aromatic nitrogens is 1. The number of hydrogen-bond donors (Lipinski definition) is 0. The summed E-state index contributed by atoms with van der Waals surface area (Å²) in [5, 5.41) is 0.307. The highest BCUT2D eigenvalue weighted by molar-refractivity contribution is 7.22. The summed E-state index contributed by atoms with van der Waals surface area (Å²) >= 11 is 1.17. The molecule has 0 N–H and O–H groups in total. The number of halogens is 4. The van der Waals surface area contributed by atoms with Crippen LogP contribution in [0.4, 0.5) is 18.3 Å². The van der Waals surface area contributed by atoms with Gasteiger partial charge in [-0.2, -0.15) is 0 Å². The van der Waals surface area contributed by atoms with Gasteiger partial charge in [-0.3, -0.25) is 9.69 Å². The second-order valence-corrected chi connectivity index (χ2v) is 6.98. The molecule has 3 rings (SSSR count). The van der Waals surface area contributed by atoms with Gasteiger partial charge in [0.15, 0.2) is 16.8 Å². The fraction of sp³-hybridized carbons (Fsp3) is 0.222. The minimum Gasteiger partial charge on any atom is -0.308 e. The Morgan fingerprint density at radius 1 is 1.04 bits per heavy atom. The third-order valence-electron chi connectivity index (χ3n) is 3.77. The van der Waals surface area contributed by atoms with Crippen LogP contribution in [0, 0.1) is 17.5 Å². The van der Waals surface area contributed by atoms with Crippen molar-refractivity contribution in [3.05, 3.63) is 59.4 Å². The molecule has 1 amide bonds. The van der Waals surface area contributed by atoms with Gasteiger partial charge in [0.1, 0.15) is 11.3 Å². The quantitative estimate of drug-likeness (QED) is 0.621. The monoisotopic (exact) mass is 415 g/mol. The Morgan fingerprint density at radius 3 is 2.41 bits per heavy atom. The van der Waals surface area contributed by atoms with Crippen molar-refractivity contribution in [3.63, 3.8) is 0 Å². The molecule has 1 aromatic heterocycles. The van der Waals surface area contributed by atoms with E-state index in [0.717, 1.165) is 12.1 Å². The highest BCUT2D eigenvalue weighted by atomic mass is 35.5. The number of fused-ring (bicyclic) bond motifs is 1. The third-order valence-corrected chi connectivity index (χ3v) is 4.82. The molecule has 4 nitrogen and oxygen atoms in total. The van der Waals surface area contributed by atoms with Gasteiger partial charge in [0, 0.05) is 18.7 Å². The molecule has 2 aromatic carbocycles. The average molecular weight is 416 g/mol. The standard InChI is InChI=1S/C18H16F3N3OS.ClH/c1-23(2)8-9-24(17(25)11-6-7-12(19)14(21)10-11)18-22-16-13(20)4-3-5-15(16)26-18;/h3-7,10H,8-9H2,1-2H3;1H. The third kappa shape index (κ3) is 4.58. The van der Waals surface area contributed by atoms with Gasteiger partial charge in [-0.25, -0.2) is 18.2 Å². The maximum absolute atomic E-state index is 13.9. The highest BCUT2D eigenvalue weighted by Crippen LogP contribution is 2.31. The number of hydrogen-bond acceptors (Lipinski definition) is 4. The Morgan fingerprint density at radius 2 is 1.78 bits per heavy atom. The second-order valence-electron chi connectivity index (χ2n) is 5.97. The van der Waals surface area contributed by atoms with E-state index in [1.807, 2.05) is 19.0 Å². The van der Waals surface area contributed by atoms with Gasteiger partial charge < -0.3 is 4.90 Å². The summed E-state index contributed by atoms with van der Waals surface area (Å²) in [6.45, 7) is 0.792. The lowest BCUT2D eigenvalue weighted by Crippen LogP contribution is -2.36. The first kappa shape index (κ1) is 21.1. The number of carbonyl (C=O) groups excluding carboxylic acids is 1. The van der Waals surface area contributed by atoms with Crippen LogP contribution in [0.1, 0.15) is 10.4 Å². The number of para-hydroxylation sites is 1. The fourth-order valence-electron chi connectivity index (χ4n) is 2.39. The van der Waals surface area contributed by atoms with E-state index in [1.165, 1.54) is 28.4 Å². The molecule has 1 heterocycles. The molecule has 144 valence electrons. The minimum atomic E-state index is -1.10. The maximum atomic E-state index is 13.9. The summed E-state index contributed by atoms with van der Waals surface area (Å²) in [5.41, 5.74) is 0.183. The number of nitrogens with zero attached hydrogens (tertiary/aromatic N) is 3. The van der Waals surface area contributed by atoms with E-state index in [2.05, 4.69) is 4.98 Å². The van der Waals surface area contributed by atoms with Gasteiger partial charge in [0.05, 0.1) is 4.70 Å². The smallest absolute Gasteiger partial charge is 0.260 e. The first-order valence-corrected chi connectivity index (χ1v) is 8.65. The van der Waals surface area contributed by atoms with Crippen LogP contribution in [0.15, 0.2) is 36.4 Å². The lowest BCUT2D eigenvalue weighted by atomic mass is 10.2. The molecule has 9 heteroatoms. The molecule has 0 radical (unpaired) electrons. The summed E-state index contributed by atoms with van der Waals surface area (Å²) in [7, 11) is 3.69. The van der Waals surface area contributed by atoms with E-state index in [1.54, 1.807) is 12.1 Å². The maximum Gasteiger partial charge on any atom is 0.260 e. The molecule has 0 saturated heterocycles. The first-order valence-electron chi connectivity index (χ1n) is 7.83. The van der Waals surface area contributed by atoms with E-state index < -0.39 is 23.4 Å². The zero-order chi connectivity index (χ0) is 18.8. The Kier molecular flexibility index (Phi) is 6.80. The van der Waals surface area contributed by atoms with Crippen molar-refractivity contribution in [1.82, 2.24) is 9.88 Å². The van der Waals surface area contributed by atoms with Crippen LogP contribution in [0.25, 0.3) is 10.2 Å². The zero-order valence-electron chi connectivity index (χ0n) is 14.6. The van der Waals surface area contributed by atoms with Crippen LogP contribution < -0.4 is 4.90 Å². The predicted octanol–water partition coefficient (Wildman–Crippen LogP) is 4.34. The normalized spacial score (nSPS) is 10.9. The number of rotatable bonds is 5. The van der Waals surface area contributed by atoms with Crippen molar-refractivity contribution >= 4 is 45.0 Å². The molecule has 0 atom stereocenters. The fourth-order valence-corrected chi connectivity index (χ4v) is 3.39. The van der Waals surface area contributed by atoms with Crippen molar-refractivity contribution in [1.29, 1.82) is 0 Å². The molecule has 0 fully saturated rings. The minimum absolute atomic E-state index is 0. The molecular formula is C18H17ClF3N3OS. The number of amides is 1. The summed E-state index contributed by atoms with van der Waals surface area (Å²) in [6.07, 6.45) is 0. The van der Waals surface area contributed by atoms with Crippen LogP contribution >= 0.6 is 23.7 Å². The van der Waals surface area contributed by atoms with Crippen molar-refractivity contribution in [3.8, 4) is 0 Å². The van der Waals surface area contributed by atoms with Gasteiger partial charge in [-0.15, -0.1) is 12.4 Å². The lowest BCUT2D eigenvalue weighted by molar-refractivity contribution is 0.0984. The Hall–Kier alpha value is -2.16. The molecule has 27 heavy (non-hydrogen) atoms. The molecule has 0 aliphatic rings. The van der Waals surface area contributed by atoms with Crippen LogP contribution in [-0.2, 0) is 0 Å². The predicted molar refractivity (Wildman–Crippen MR) is 103 cm³/mol. The lowest BCUT2D eigenvalue weighted by Gasteiger charge is -2.22. The van der Waals surface area contributed by atoms with Crippen molar-refractivity contribution < 1.29 is 18.0 Å². The molecule has 0 aliphatic carbocycles. The number of benzene rings is 2. The summed E-state index contributed by atoms with van der Waals surface area (Å²) in [5.74, 6) is -3.12. The van der Waals surface area contributed by atoms with Crippen molar-refractivity contribution in [2.24, 2.45) is 0 Å². The van der Waals surface area contributed by atoms with Crippen LogP contribution in [0.3, 0.4) is 0 Å². The van der Waals surface area contributed by atoms with E-state index in [-0.39, 0.29) is 30.0 Å². The topological polar surface area (TPSA) is 36.4 Å². The summed E-state index contributed by atoms with van der Waals surface area (Å²) in [6, 6.07) is 7.57. The molecular weight excluding hydrogens is 399 g/mol. The van der Waals surface area contributed by atoms with E-state index in [9.17, 15) is 18.0 Å². The van der Waals surface area contributed by atoms with Crippen molar-refractivity contribution in [2.75, 3.05) is 32.1 Å². The van der Waals surface area contributed by atoms with Crippen LogP contribution in [0.5, 0.6) is 0 Å². The number of likely N-dealkylation sites (N-methyl/N-ethyl adjacent to an activating group) is 1. The van der Waals surface area contributed by atoms with Crippen molar-refractivity contribution in [2.45, 2.75) is 0 Å². The van der Waals surface area contributed by atoms with E-state index in [4.69, 9.17) is 0 Å². The summed E-state index contributed by atoms with van der Waals surface area (Å²) < 4.78 is 41.2. The van der Waals surface area contributed by atoms with E-state index in [0.29, 0.717) is 16.4 Å². The summed E-state index contributed by atoms with van der Waals surface area (Å²) in [4.78, 5) is 20.3. The zero-order valence-corrected chi connectivity index (χ0v) is 16.2. The Balaban J connectivity index is 0.00000261. The molecule has 0 unspecified atom stereocenters. The Bertz CT molecular complexity index is 964. The van der Waals surface area contributed by atoms with E-state index >= 15 is 0 Å². The Labute approximate surface area is 164 Å². The van der Waals surface area contributed by atoms with Crippen LogP contribution in [0.2, 0.25) is 0 Å². The molecule has 0 bridgehead atoms.